The topological polar surface area (TPSA) is 89.2 Å². The number of aromatic amines is 1. The summed E-state index contributed by atoms with van der Waals surface area (Å²) in [6, 6.07) is 9.55. The van der Waals surface area contributed by atoms with Crippen molar-refractivity contribution in [1.82, 2.24) is 14.9 Å². The van der Waals surface area contributed by atoms with Crippen molar-refractivity contribution in [3.8, 4) is 11.5 Å². The number of pyridine rings is 1. The maximum Gasteiger partial charge on any atom is 0.490 e. The van der Waals surface area contributed by atoms with E-state index < -0.39 is 5.97 Å². The minimum absolute atomic E-state index is 0.237. The summed E-state index contributed by atoms with van der Waals surface area (Å²) in [5.41, 5.74) is 4.54. The number of H-pyrrole nitrogens is 1. The number of ether oxygens (including phenoxy) is 2. The van der Waals surface area contributed by atoms with Crippen LogP contribution in [0.2, 0.25) is 0 Å². The van der Waals surface area contributed by atoms with E-state index in [1.165, 1.54) is 24.6 Å². The number of fused-ring (bicyclic) bond motifs is 1. The average Bonchev–Trinajstić information content (AvgIpc) is 3.53. The van der Waals surface area contributed by atoms with Gasteiger partial charge in [0, 0.05) is 56.1 Å². The molecule has 2 aromatic heterocycles. The first-order valence-electron chi connectivity index (χ1n) is 15.7. The SMILES string of the molecule is COC(=O)c1ccc(N2CCN(CC3=C(B4OC(C)(C)C(C)(C)O4)CC(C)(C)CC3)CC2)cc1Oc1cnc2[nH]ccc2c1. The number of aromatic nitrogens is 2. The zero-order chi connectivity index (χ0) is 31.3. The monoisotopic (exact) mass is 600 g/mol. The molecular weight excluding hydrogens is 555 g/mol. The Bertz CT molecular complexity index is 1550. The van der Waals surface area contributed by atoms with Gasteiger partial charge in [0.15, 0.2) is 0 Å². The van der Waals surface area contributed by atoms with E-state index in [1.54, 1.807) is 12.3 Å². The highest BCUT2D eigenvalue weighted by Crippen LogP contribution is 2.45. The molecule has 9 nitrogen and oxygen atoms in total. The molecule has 0 spiro atoms. The molecule has 0 radical (unpaired) electrons. The molecule has 4 heterocycles. The number of anilines is 1. The number of hydrogen-bond acceptors (Lipinski definition) is 8. The zero-order valence-electron chi connectivity index (χ0n) is 27.2. The molecule has 0 saturated carbocycles. The van der Waals surface area contributed by atoms with Crippen molar-refractivity contribution in [3.05, 3.63) is 59.3 Å². The number of esters is 1. The Morgan fingerprint density at radius 2 is 1.75 bits per heavy atom. The lowest BCUT2D eigenvalue weighted by Crippen LogP contribution is -2.47. The van der Waals surface area contributed by atoms with Gasteiger partial charge in [-0.1, -0.05) is 19.4 Å². The van der Waals surface area contributed by atoms with Gasteiger partial charge >= 0.3 is 13.1 Å². The largest absolute Gasteiger partial charge is 0.490 e. The van der Waals surface area contributed by atoms with Crippen LogP contribution in [0.15, 0.2) is 53.8 Å². The highest BCUT2D eigenvalue weighted by molar-refractivity contribution is 6.55. The number of carbonyl (C=O) groups excluding carboxylic acids is 1. The number of nitrogens with zero attached hydrogens (tertiary/aromatic N) is 3. The average molecular weight is 601 g/mol. The molecule has 3 aromatic rings. The van der Waals surface area contributed by atoms with E-state index in [2.05, 4.69) is 61.3 Å². The summed E-state index contributed by atoms with van der Waals surface area (Å²) < 4.78 is 24.3. The fourth-order valence-electron chi connectivity index (χ4n) is 6.40. The van der Waals surface area contributed by atoms with Gasteiger partial charge in [-0.15, -0.1) is 0 Å². The normalized spacial score (nSPS) is 21.6. The standard InChI is InChI=1S/C34H45BN4O5/c1-32(2)12-10-24(28(20-32)35-43-33(3,4)34(5,6)44-35)22-38-14-16-39(17-15-38)25-8-9-27(31(40)41-7)29(19-25)42-26-18-23-11-13-36-30(23)37-21-26/h8-9,11,13,18-19,21H,10,12,14-17,20,22H2,1-7H3,(H,36,37). The Balaban J connectivity index is 1.17. The van der Waals surface area contributed by atoms with Gasteiger partial charge < -0.3 is 28.7 Å². The Morgan fingerprint density at radius 1 is 1.02 bits per heavy atom. The molecule has 234 valence electrons. The summed E-state index contributed by atoms with van der Waals surface area (Å²) in [6.07, 6.45) is 6.75. The predicted octanol–water partition coefficient (Wildman–Crippen LogP) is 6.40. The molecule has 1 N–H and O–H groups in total. The summed E-state index contributed by atoms with van der Waals surface area (Å²) in [5.74, 6) is 0.579. The van der Waals surface area contributed by atoms with E-state index >= 15 is 0 Å². The molecular formula is C34H45BN4O5. The molecule has 0 atom stereocenters. The van der Waals surface area contributed by atoms with Gasteiger partial charge in [0.05, 0.1) is 24.5 Å². The van der Waals surface area contributed by atoms with E-state index in [4.69, 9.17) is 18.8 Å². The predicted molar refractivity (Wildman–Crippen MR) is 173 cm³/mol. The lowest BCUT2D eigenvalue weighted by molar-refractivity contribution is 0.00578. The van der Waals surface area contributed by atoms with Crippen molar-refractivity contribution in [3.63, 3.8) is 0 Å². The van der Waals surface area contributed by atoms with Gasteiger partial charge in [-0.25, -0.2) is 9.78 Å². The van der Waals surface area contributed by atoms with Gasteiger partial charge in [0.2, 0.25) is 0 Å². The van der Waals surface area contributed by atoms with Crippen molar-refractivity contribution in [2.45, 2.75) is 72.0 Å². The first-order chi connectivity index (χ1) is 20.8. The molecule has 0 unspecified atom stereocenters. The number of carbonyl (C=O) groups is 1. The van der Waals surface area contributed by atoms with Crippen LogP contribution in [-0.4, -0.2) is 79.0 Å². The Morgan fingerprint density at radius 3 is 2.45 bits per heavy atom. The molecule has 1 aromatic carbocycles. The van der Waals surface area contributed by atoms with E-state index in [9.17, 15) is 4.79 Å². The summed E-state index contributed by atoms with van der Waals surface area (Å²) >= 11 is 0. The van der Waals surface area contributed by atoms with E-state index in [0.29, 0.717) is 17.1 Å². The molecule has 2 saturated heterocycles. The second-order valence-corrected chi connectivity index (χ2v) is 14.2. The number of hydrogen-bond donors (Lipinski definition) is 1. The number of methoxy groups -OCH3 is 1. The minimum Gasteiger partial charge on any atom is -0.465 e. The molecule has 2 aliphatic heterocycles. The molecule has 10 heteroatoms. The van der Waals surface area contributed by atoms with Crippen molar-refractivity contribution in [1.29, 1.82) is 0 Å². The molecule has 44 heavy (non-hydrogen) atoms. The third kappa shape index (κ3) is 6.12. The van der Waals surface area contributed by atoms with Crippen LogP contribution < -0.4 is 9.64 Å². The van der Waals surface area contributed by atoms with Crippen molar-refractivity contribution < 1.29 is 23.6 Å². The van der Waals surface area contributed by atoms with Crippen molar-refractivity contribution in [2.24, 2.45) is 5.41 Å². The molecule has 3 aliphatic rings. The lowest BCUT2D eigenvalue weighted by atomic mass is 9.62. The van der Waals surface area contributed by atoms with Crippen LogP contribution in [0.1, 0.15) is 71.2 Å². The molecule has 6 rings (SSSR count). The van der Waals surface area contributed by atoms with Gasteiger partial charge in [0.1, 0.15) is 22.7 Å². The first-order valence-corrected chi connectivity index (χ1v) is 15.7. The maximum absolute atomic E-state index is 12.6. The van der Waals surface area contributed by atoms with E-state index in [0.717, 1.165) is 62.3 Å². The van der Waals surface area contributed by atoms with Crippen LogP contribution in [0.25, 0.3) is 11.0 Å². The highest BCUT2D eigenvalue weighted by Gasteiger charge is 2.53. The molecule has 0 amide bonds. The number of piperazine rings is 1. The number of nitrogens with one attached hydrogen (secondary N) is 1. The fraction of sp³-hybridized carbons (Fsp3) is 0.529. The molecule has 2 fully saturated rings. The zero-order valence-corrected chi connectivity index (χ0v) is 27.2. The second kappa shape index (κ2) is 11.5. The van der Waals surface area contributed by atoms with Gasteiger partial charge in [-0.05, 0) is 82.1 Å². The van der Waals surface area contributed by atoms with Crippen LogP contribution >= 0.6 is 0 Å². The summed E-state index contributed by atoms with van der Waals surface area (Å²) in [4.78, 5) is 25.0. The Labute approximate surface area is 261 Å². The fourth-order valence-corrected chi connectivity index (χ4v) is 6.40. The van der Waals surface area contributed by atoms with Gasteiger partial charge in [0.25, 0.3) is 0 Å². The lowest BCUT2D eigenvalue weighted by Gasteiger charge is -2.39. The Kier molecular flexibility index (Phi) is 8.05. The van der Waals surface area contributed by atoms with Crippen LogP contribution in [0.3, 0.4) is 0 Å². The van der Waals surface area contributed by atoms with Gasteiger partial charge in [-0.3, -0.25) is 4.90 Å². The van der Waals surface area contributed by atoms with Crippen LogP contribution in [-0.2, 0) is 14.0 Å². The van der Waals surface area contributed by atoms with Crippen molar-refractivity contribution >= 4 is 29.8 Å². The second-order valence-electron chi connectivity index (χ2n) is 14.2. The highest BCUT2D eigenvalue weighted by atomic mass is 16.7. The number of rotatable bonds is 7. The first kappa shape index (κ1) is 30.7. The third-order valence-electron chi connectivity index (χ3n) is 9.89. The minimum atomic E-state index is -0.436. The smallest absolute Gasteiger partial charge is 0.465 e. The van der Waals surface area contributed by atoms with E-state index in [-0.39, 0.29) is 23.7 Å². The third-order valence-corrected chi connectivity index (χ3v) is 9.89. The number of allylic oxidation sites excluding steroid dienone is 1. The summed E-state index contributed by atoms with van der Waals surface area (Å²) in [6.45, 7) is 17.8. The van der Waals surface area contributed by atoms with E-state index in [1.807, 2.05) is 30.5 Å². The maximum atomic E-state index is 12.6. The van der Waals surface area contributed by atoms with Crippen LogP contribution in [0, 0.1) is 5.41 Å². The summed E-state index contributed by atoms with van der Waals surface area (Å²) in [5, 5.41) is 0.938. The Hall–Kier alpha value is -3.34. The number of benzene rings is 1. The molecule has 1 aliphatic carbocycles. The molecule has 0 bridgehead atoms. The van der Waals surface area contributed by atoms with Crippen LogP contribution in [0.5, 0.6) is 11.5 Å². The van der Waals surface area contributed by atoms with Crippen molar-refractivity contribution in [2.75, 3.05) is 44.7 Å². The van der Waals surface area contributed by atoms with Gasteiger partial charge in [-0.2, -0.15) is 0 Å². The van der Waals surface area contributed by atoms with Crippen LogP contribution in [0.4, 0.5) is 5.69 Å². The summed E-state index contributed by atoms with van der Waals surface area (Å²) in [7, 11) is 1.10. The quantitative estimate of drug-likeness (QED) is 0.246.